The lowest BCUT2D eigenvalue weighted by atomic mass is 10.1. The summed E-state index contributed by atoms with van der Waals surface area (Å²) in [6.07, 6.45) is -2.21. The molecule has 0 fully saturated rings. The number of halogens is 4. The second-order valence-corrected chi connectivity index (χ2v) is 6.73. The summed E-state index contributed by atoms with van der Waals surface area (Å²) < 4.78 is 44.2. The number of rotatable bonds is 5. The fraction of sp³-hybridized carbons (Fsp3) is 0.211. The van der Waals surface area contributed by atoms with Crippen LogP contribution in [0.5, 0.6) is 5.75 Å². The molecule has 136 valence electrons. The molecule has 2 aromatic carbocycles. The third-order valence-corrected chi connectivity index (χ3v) is 4.66. The maximum atomic E-state index is 12.6. The average Bonchev–Trinajstić information content (AvgIpc) is 2.97. The number of hydrogen-bond acceptors (Lipinski definition) is 2. The molecule has 0 aliphatic heterocycles. The second kappa shape index (κ2) is 7.15. The topological polar surface area (TPSA) is 42.1 Å². The zero-order chi connectivity index (χ0) is 18.9. The van der Waals surface area contributed by atoms with Crippen molar-refractivity contribution < 1.29 is 22.7 Å². The van der Waals surface area contributed by atoms with Crippen molar-refractivity contribution in [2.75, 3.05) is 6.61 Å². The molecule has 1 N–H and O–H groups in total. The minimum Gasteiger partial charge on any atom is -0.492 e. The van der Waals surface area contributed by atoms with Gasteiger partial charge < -0.3 is 9.72 Å². The van der Waals surface area contributed by atoms with Gasteiger partial charge in [-0.15, -0.1) is 0 Å². The predicted octanol–water partition coefficient (Wildman–Crippen LogP) is 5.77. The first-order valence-electron chi connectivity index (χ1n) is 7.86. The number of H-pyrrole nitrogens is 1. The van der Waals surface area contributed by atoms with Crippen LogP contribution in [0.4, 0.5) is 13.2 Å². The minimum absolute atomic E-state index is 0.0470. The first-order chi connectivity index (χ1) is 12.3. The Labute approximate surface area is 156 Å². The summed E-state index contributed by atoms with van der Waals surface area (Å²) in [5.41, 5.74) is 1.48. The van der Waals surface area contributed by atoms with Crippen LogP contribution >= 0.6 is 15.9 Å². The van der Waals surface area contributed by atoms with Crippen molar-refractivity contribution in [3.63, 3.8) is 0 Å². The molecule has 3 nitrogen and oxygen atoms in total. The van der Waals surface area contributed by atoms with Crippen molar-refractivity contribution >= 4 is 32.6 Å². The second-order valence-electron chi connectivity index (χ2n) is 5.88. The molecule has 7 heteroatoms. The van der Waals surface area contributed by atoms with E-state index < -0.39 is 11.7 Å². The van der Waals surface area contributed by atoms with Crippen molar-refractivity contribution in [3.05, 3.63) is 63.8 Å². The number of hydrogen-bond donors (Lipinski definition) is 1. The molecule has 0 amide bonds. The highest BCUT2D eigenvalue weighted by Gasteiger charge is 2.29. The number of benzene rings is 2. The van der Waals surface area contributed by atoms with Crippen molar-refractivity contribution in [2.45, 2.75) is 19.5 Å². The van der Waals surface area contributed by atoms with Crippen LogP contribution in [0.1, 0.15) is 28.4 Å². The van der Waals surface area contributed by atoms with Gasteiger partial charge in [0.1, 0.15) is 5.75 Å². The number of ether oxygens (including phenoxy) is 1. The molecule has 1 aromatic heterocycles. The van der Waals surface area contributed by atoms with Crippen molar-refractivity contribution in [3.8, 4) is 5.75 Å². The Morgan fingerprint density at radius 3 is 2.50 bits per heavy atom. The van der Waals surface area contributed by atoms with Gasteiger partial charge in [-0.3, -0.25) is 4.79 Å². The molecule has 26 heavy (non-hydrogen) atoms. The van der Waals surface area contributed by atoms with Gasteiger partial charge in [0.05, 0.1) is 16.6 Å². The average molecular weight is 426 g/mol. The Balaban J connectivity index is 1.70. The summed E-state index contributed by atoms with van der Waals surface area (Å²) >= 11 is 3.43. The zero-order valence-corrected chi connectivity index (χ0v) is 15.4. The third kappa shape index (κ3) is 3.93. The maximum absolute atomic E-state index is 12.6. The monoisotopic (exact) mass is 425 g/mol. The van der Waals surface area contributed by atoms with E-state index in [4.69, 9.17) is 4.74 Å². The van der Waals surface area contributed by atoms with E-state index in [1.165, 1.54) is 19.1 Å². The fourth-order valence-electron chi connectivity index (χ4n) is 2.66. The molecule has 0 bridgehead atoms. The molecule has 0 aliphatic rings. The minimum atomic E-state index is -4.33. The number of carbonyl (C=O) groups excluding carboxylic acids is 1. The molecule has 0 unspecified atom stereocenters. The molecular formula is C19H15BrF3NO2. The number of nitrogens with one attached hydrogen (secondary N) is 1. The molecule has 0 saturated carbocycles. The number of fused-ring (bicyclic) bond motifs is 1. The van der Waals surface area contributed by atoms with Gasteiger partial charge in [-0.2, -0.15) is 13.2 Å². The van der Waals surface area contributed by atoms with E-state index in [9.17, 15) is 18.0 Å². The molecule has 1 heterocycles. The van der Waals surface area contributed by atoms with E-state index in [-0.39, 0.29) is 5.78 Å². The van der Waals surface area contributed by atoms with E-state index in [1.54, 1.807) is 12.3 Å². The third-order valence-electron chi connectivity index (χ3n) is 4.04. The van der Waals surface area contributed by atoms with Crippen molar-refractivity contribution in [2.24, 2.45) is 0 Å². The van der Waals surface area contributed by atoms with Crippen molar-refractivity contribution in [1.82, 2.24) is 4.98 Å². The van der Waals surface area contributed by atoms with Crippen molar-refractivity contribution in [1.29, 1.82) is 0 Å². The van der Waals surface area contributed by atoms with Crippen LogP contribution in [-0.4, -0.2) is 17.4 Å². The quantitative estimate of drug-likeness (QED) is 0.526. The van der Waals surface area contributed by atoms with Gasteiger partial charge in [0.2, 0.25) is 0 Å². The highest BCUT2D eigenvalue weighted by atomic mass is 79.9. The van der Waals surface area contributed by atoms with E-state index in [2.05, 4.69) is 20.9 Å². The van der Waals surface area contributed by atoms with Gasteiger partial charge >= 0.3 is 6.18 Å². The van der Waals surface area contributed by atoms with Crippen LogP contribution in [0.25, 0.3) is 10.9 Å². The number of alkyl halides is 3. The molecule has 3 aromatic rings. The van der Waals surface area contributed by atoms with E-state index in [0.29, 0.717) is 24.3 Å². The first kappa shape index (κ1) is 18.5. The van der Waals surface area contributed by atoms with E-state index in [1.807, 2.05) is 6.07 Å². The largest absolute Gasteiger partial charge is 0.492 e. The van der Waals surface area contributed by atoms with Crippen LogP contribution in [0.15, 0.2) is 47.1 Å². The maximum Gasteiger partial charge on any atom is 0.416 e. The van der Waals surface area contributed by atoms with Crippen LogP contribution in [-0.2, 0) is 12.6 Å². The Hall–Kier alpha value is -2.28. The van der Waals surface area contributed by atoms with Crippen LogP contribution < -0.4 is 4.74 Å². The number of Topliss-reactive ketones (excluding diaryl/α,β-unsaturated/α-hetero) is 1. The van der Waals surface area contributed by atoms with Crippen LogP contribution in [0.2, 0.25) is 0 Å². The van der Waals surface area contributed by atoms with Gasteiger partial charge in [-0.25, -0.2) is 0 Å². The highest BCUT2D eigenvalue weighted by molar-refractivity contribution is 9.10. The lowest BCUT2D eigenvalue weighted by molar-refractivity contribution is -0.137. The number of aromatic nitrogens is 1. The molecule has 0 radical (unpaired) electrons. The summed E-state index contributed by atoms with van der Waals surface area (Å²) in [6.45, 7) is 1.80. The summed E-state index contributed by atoms with van der Waals surface area (Å²) in [5.74, 6) is 0.529. The summed E-state index contributed by atoms with van der Waals surface area (Å²) in [6, 6.07) is 8.63. The molecule has 0 atom stereocenters. The normalized spacial score (nSPS) is 11.7. The molecule has 0 aliphatic carbocycles. The first-order valence-corrected chi connectivity index (χ1v) is 8.65. The van der Waals surface area contributed by atoms with Crippen LogP contribution in [0.3, 0.4) is 0 Å². The highest BCUT2D eigenvalue weighted by Crippen LogP contribution is 2.32. The van der Waals surface area contributed by atoms with Gasteiger partial charge in [-0.05, 0) is 52.7 Å². The Bertz CT molecular complexity index is 946. The molecule has 0 spiro atoms. The zero-order valence-electron chi connectivity index (χ0n) is 13.8. The van der Waals surface area contributed by atoms with Crippen LogP contribution in [0, 0.1) is 0 Å². The fourth-order valence-corrected chi connectivity index (χ4v) is 3.12. The molecular weight excluding hydrogens is 411 g/mol. The smallest absolute Gasteiger partial charge is 0.416 e. The van der Waals surface area contributed by atoms with Gasteiger partial charge in [0.25, 0.3) is 0 Å². The SMILES string of the molecule is CC(=O)c1c[nH]c2cc(Br)c(OCCc3ccc(C(F)(F)F)cc3)cc12. The lowest BCUT2D eigenvalue weighted by Crippen LogP contribution is -2.06. The number of carbonyl (C=O) groups is 1. The Morgan fingerprint density at radius 2 is 1.88 bits per heavy atom. The van der Waals surface area contributed by atoms with Gasteiger partial charge in [-0.1, -0.05) is 12.1 Å². The molecule has 3 rings (SSSR count). The Morgan fingerprint density at radius 1 is 1.19 bits per heavy atom. The summed E-state index contributed by atoms with van der Waals surface area (Å²) in [4.78, 5) is 14.7. The number of aromatic amines is 1. The Kier molecular flexibility index (Phi) is 5.09. The van der Waals surface area contributed by atoms with Gasteiger partial charge in [0, 0.05) is 29.1 Å². The standard InChI is InChI=1S/C19H15BrF3NO2/c1-11(25)15-10-24-17-9-16(20)18(8-14(15)17)26-7-6-12-2-4-13(5-3-12)19(21,22)23/h2-5,8-10,24H,6-7H2,1H3. The van der Waals surface area contributed by atoms with E-state index >= 15 is 0 Å². The predicted molar refractivity (Wildman–Crippen MR) is 96.6 cm³/mol. The molecule has 0 saturated heterocycles. The summed E-state index contributed by atoms with van der Waals surface area (Å²) in [5, 5.41) is 0.769. The van der Waals surface area contributed by atoms with Gasteiger partial charge in [0.15, 0.2) is 5.78 Å². The summed E-state index contributed by atoms with van der Waals surface area (Å²) in [7, 11) is 0. The number of ketones is 1. The van der Waals surface area contributed by atoms with E-state index in [0.717, 1.165) is 33.1 Å². The lowest BCUT2D eigenvalue weighted by Gasteiger charge is -2.10.